The molecule has 1 aromatic heterocycles. The van der Waals surface area contributed by atoms with Crippen LogP contribution >= 0.6 is 27.7 Å². The number of hydrogen-bond donors (Lipinski definition) is 2. The molecule has 4 rings (SSSR count). The highest BCUT2D eigenvalue weighted by Gasteiger charge is 2.16. The molecule has 0 fully saturated rings. The summed E-state index contributed by atoms with van der Waals surface area (Å²) >= 11 is 4.34. The van der Waals surface area contributed by atoms with E-state index in [2.05, 4.69) is 34.7 Å². The first-order chi connectivity index (χ1) is 13.9. The highest BCUT2D eigenvalue weighted by atomic mass is 79.9. The maximum absolute atomic E-state index is 12.7. The minimum atomic E-state index is -3.77. The summed E-state index contributed by atoms with van der Waals surface area (Å²) in [7, 11) is -3.77. The molecule has 0 aliphatic heterocycles. The Morgan fingerprint density at radius 2 is 1.72 bits per heavy atom. The summed E-state index contributed by atoms with van der Waals surface area (Å²) < 4.78 is 36.7. The molecule has 146 valence electrons. The Balaban J connectivity index is 1.56. The molecular formula is C19H13BrN4O3S2. The van der Waals surface area contributed by atoms with Gasteiger partial charge in [0.2, 0.25) is 0 Å². The average Bonchev–Trinajstić information content (AvgIpc) is 3.18. The number of sulfonamides is 1. The fraction of sp³-hybridized carbons (Fsp3) is 0. The fourth-order valence-electron chi connectivity index (χ4n) is 2.65. The van der Waals surface area contributed by atoms with Gasteiger partial charge in [-0.05, 0) is 54.6 Å². The lowest BCUT2D eigenvalue weighted by molar-refractivity contribution is 0.102. The summed E-state index contributed by atoms with van der Waals surface area (Å²) in [6, 6.07) is 17.9. The zero-order chi connectivity index (χ0) is 20.4. The third-order valence-electron chi connectivity index (χ3n) is 4.04. The van der Waals surface area contributed by atoms with Gasteiger partial charge in [0.25, 0.3) is 15.9 Å². The molecule has 0 spiro atoms. The number of hydrogen-bond acceptors (Lipinski definition) is 6. The molecule has 0 aliphatic carbocycles. The van der Waals surface area contributed by atoms with E-state index in [1.807, 2.05) is 6.07 Å². The van der Waals surface area contributed by atoms with Crippen LogP contribution in [0.2, 0.25) is 0 Å². The Morgan fingerprint density at radius 3 is 2.52 bits per heavy atom. The van der Waals surface area contributed by atoms with Gasteiger partial charge in [0.15, 0.2) is 0 Å². The van der Waals surface area contributed by atoms with Crippen LogP contribution in [0.15, 0.2) is 76.1 Å². The third kappa shape index (κ3) is 4.29. The molecule has 0 aliphatic rings. The van der Waals surface area contributed by atoms with E-state index >= 15 is 0 Å². The van der Waals surface area contributed by atoms with Crippen molar-refractivity contribution in [3.05, 3.63) is 76.8 Å². The number of carbonyl (C=O) groups excluding carboxylic acids is 1. The van der Waals surface area contributed by atoms with E-state index in [1.165, 1.54) is 18.2 Å². The number of rotatable bonds is 5. The SMILES string of the molecule is O=C(Nc1cccc2nsnc12)c1cccc(NS(=O)(=O)c2ccc(Br)cc2)c1. The first kappa shape index (κ1) is 19.5. The van der Waals surface area contributed by atoms with E-state index < -0.39 is 10.0 Å². The van der Waals surface area contributed by atoms with Gasteiger partial charge in [-0.25, -0.2) is 8.42 Å². The summed E-state index contributed by atoms with van der Waals surface area (Å²) in [5.41, 5.74) is 2.44. The van der Waals surface area contributed by atoms with Crippen molar-refractivity contribution in [3.8, 4) is 0 Å². The van der Waals surface area contributed by atoms with Crippen molar-refractivity contribution in [2.45, 2.75) is 4.90 Å². The molecule has 0 saturated carbocycles. The maximum atomic E-state index is 12.7. The second-order valence-corrected chi connectivity index (χ2v) is 9.16. The predicted molar refractivity (Wildman–Crippen MR) is 117 cm³/mol. The van der Waals surface area contributed by atoms with E-state index in [1.54, 1.807) is 42.5 Å². The number of anilines is 2. The van der Waals surface area contributed by atoms with Crippen LogP contribution in [0.25, 0.3) is 11.0 Å². The quantitative estimate of drug-likeness (QED) is 0.430. The standard InChI is InChI=1S/C19H13BrN4O3S2/c20-13-7-9-15(10-8-13)29(26,27)24-14-4-1-3-12(11-14)19(25)21-16-5-2-6-17-18(16)23-28-22-17/h1-11,24H,(H,21,25). The Labute approximate surface area is 179 Å². The molecule has 0 radical (unpaired) electrons. The molecular weight excluding hydrogens is 476 g/mol. The Hall–Kier alpha value is -2.82. The summed E-state index contributed by atoms with van der Waals surface area (Å²) in [5, 5.41) is 2.80. The van der Waals surface area contributed by atoms with Crippen LogP contribution in [0.1, 0.15) is 10.4 Å². The predicted octanol–water partition coefficient (Wildman–Crippen LogP) is 4.51. The average molecular weight is 489 g/mol. The summed E-state index contributed by atoms with van der Waals surface area (Å²) in [5.74, 6) is -0.379. The van der Waals surface area contributed by atoms with Crippen LogP contribution in [-0.4, -0.2) is 23.1 Å². The molecule has 4 aromatic rings. The normalized spacial score (nSPS) is 11.3. The number of nitrogens with zero attached hydrogens (tertiary/aromatic N) is 2. The Morgan fingerprint density at radius 1 is 0.966 bits per heavy atom. The van der Waals surface area contributed by atoms with Gasteiger partial charge in [-0.1, -0.05) is 28.1 Å². The van der Waals surface area contributed by atoms with E-state index in [0.717, 1.165) is 16.2 Å². The lowest BCUT2D eigenvalue weighted by atomic mass is 10.2. The molecule has 29 heavy (non-hydrogen) atoms. The van der Waals surface area contributed by atoms with Crippen molar-refractivity contribution in [1.82, 2.24) is 8.75 Å². The lowest BCUT2D eigenvalue weighted by Crippen LogP contribution is -2.15. The second kappa shape index (κ2) is 7.90. The smallest absolute Gasteiger partial charge is 0.261 e. The molecule has 0 saturated heterocycles. The summed E-state index contributed by atoms with van der Waals surface area (Å²) in [4.78, 5) is 12.8. The zero-order valence-electron chi connectivity index (χ0n) is 14.7. The number of carbonyl (C=O) groups is 1. The number of halogens is 1. The largest absolute Gasteiger partial charge is 0.320 e. The molecule has 10 heteroatoms. The number of nitrogens with one attached hydrogen (secondary N) is 2. The number of fused-ring (bicyclic) bond motifs is 1. The Kier molecular flexibility index (Phi) is 5.31. The van der Waals surface area contributed by atoms with Crippen molar-refractivity contribution in [2.75, 3.05) is 10.0 Å². The molecule has 3 aromatic carbocycles. The molecule has 0 atom stereocenters. The van der Waals surface area contributed by atoms with Crippen LogP contribution in [0.4, 0.5) is 11.4 Å². The third-order valence-corrected chi connectivity index (χ3v) is 6.50. The van der Waals surface area contributed by atoms with Gasteiger partial charge >= 0.3 is 0 Å². The van der Waals surface area contributed by atoms with E-state index in [9.17, 15) is 13.2 Å². The monoisotopic (exact) mass is 488 g/mol. The van der Waals surface area contributed by atoms with E-state index in [-0.39, 0.29) is 16.5 Å². The van der Waals surface area contributed by atoms with Crippen LogP contribution in [-0.2, 0) is 10.0 Å². The molecule has 7 nitrogen and oxygen atoms in total. The van der Waals surface area contributed by atoms with Gasteiger partial charge in [0.05, 0.1) is 22.3 Å². The Bertz CT molecular complexity index is 1300. The van der Waals surface area contributed by atoms with Crippen molar-refractivity contribution < 1.29 is 13.2 Å². The van der Waals surface area contributed by atoms with Crippen LogP contribution in [0.3, 0.4) is 0 Å². The van der Waals surface area contributed by atoms with Crippen LogP contribution < -0.4 is 10.0 Å². The molecule has 1 amide bonds. The van der Waals surface area contributed by atoms with Gasteiger partial charge in [0.1, 0.15) is 11.0 Å². The maximum Gasteiger partial charge on any atom is 0.261 e. The first-order valence-electron chi connectivity index (χ1n) is 8.33. The van der Waals surface area contributed by atoms with Crippen molar-refractivity contribution >= 4 is 66.0 Å². The lowest BCUT2D eigenvalue weighted by Gasteiger charge is -2.10. The minimum Gasteiger partial charge on any atom is -0.320 e. The molecule has 2 N–H and O–H groups in total. The minimum absolute atomic E-state index is 0.123. The number of amides is 1. The summed E-state index contributed by atoms with van der Waals surface area (Å²) in [6.07, 6.45) is 0. The number of benzene rings is 3. The highest BCUT2D eigenvalue weighted by molar-refractivity contribution is 9.10. The summed E-state index contributed by atoms with van der Waals surface area (Å²) in [6.45, 7) is 0. The first-order valence-corrected chi connectivity index (χ1v) is 11.3. The fourth-order valence-corrected chi connectivity index (χ4v) is 4.52. The number of aromatic nitrogens is 2. The van der Waals surface area contributed by atoms with Crippen molar-refractivity contribution in [3.63, 3.8) is 0 Å². The highest BCUT2D eigenvalue weighted by Crippen LogP contribution is 2.23. The van der Waals surface area contributed by atoms with E-state index in [0.29, 0.717) is 22.3 Å². The van der Waals surface area contributed by atoms with Gasteiger partial charge in [0, 0.05) is 15.7 Å². The van der Waals surface area contributed by atoms with Crippen molar-refractivity contribution in [2.24, 2.45) is 0 Å². The molecule has 0 unspecified atom stereocenters. The zero-order valence-corrected chi connectivity index (χ0v) is 17.9. The van der Waals surface area contributed by atoms with E-state index in [4.69, 9.17) is 0 Å². The van der Waals surface area contributed by atoms with Crippen molar-refractivity contribution in [1.29, 1.82) is 0 Å². The second-order valence-electron chi connectivity index (χ2n) is 6.03. The topological polar surface area (TPSA) is 101 Å². The van der Waals surface area contributed by atoms with Gasteiger partial charge in [-0.2, -0.15) is 8.75 Å². The van der Waals surface area contributed by atoms with Crippen LogP contribution in [0, 0.1) is 0 Å². The van der Waals surface area contributed by atoms with Gasteiger partial charge in [-0.15, -0.1) is 0 Å². The molecule has 0 bridgehead atoms. The van der Waals surface area contributed by atoms with Gasteiger partial charge < -0.3 is 5.32 Å². The van der Waals surface area contributed by atoms with Crippen LogP contribution in [0.5, 0.6) is 0 Å². The van der Waals surface area contributed by atoms with Gasteiger partial charge in [-0.3, -0.25) is 9.52 Å². The molecule has 1 heterocycles.